The van der Waals surface area contributed by atoms with Crippen LogP contribution in [0.4, 0.5) is 11.5 Å². The van der Waals surface area contributed by atoms with E-state index in [1.54, 1.807) is 11.7 Å². The lowest BCUT2D eigenvalue weighted by Crippen LogP contribution is -2.33. The fourth-order valence-electron chi connectivity index (χ4n) is 3.58. The minimum absolute atomic E-state index is 0.128. The average molecular weight is 332 g/mol. The molecule has 0 saturated carbocycles. The van der Waals surface area contributed by atoms with E-state index >= 15 is 0 Å². The third-order valence-electron chi connectivity index (χ3n) is 4.69. The molecule has 0 unspecified atom stereocenters. The van der Waals surface area contributed by atoms with Crippen LogP contribution < -0.4 is 4.90 Å². The van der Waals surface area contributed by atoms with E-state index in [-0.39, 0.29) is 10.6 Å². The van der Waals surface area contributed by atoms with Crippen molar-refractivity contribution in [3.05, 3.63) is 33.0 Å². The first-order valence-electron chi connectivity index (χ1n) is 8.34. The third kappa shape index (κ3) is 2.46. The Balaban J connectivity index is 2.01. The monoisotopic (exact) mass is 332 g/mol. The molecule has 3 heterocycles. The summed E-state index contributed by atoms with van der Waals surface area (Å²) in [4.78, 5) is 18.1. The Morgan fingerprint density at radius 2 is 2.04 bits per heavy atom. The van der Waals surface area contributed by atoms with Crippen molar-refractivity contribution in [2.75, 3.05) is 11.4 Å². The zero-order valence-corrected chi connectivity index (χ0v) is 14.9. The van der Waals surface area contributed by atoms with Gasteiger partial charge in [0.25, 0.3) is 0 Å². The third-order valence-corrected chi connectivity index (χ3v) is 4.69. The van der Waals surface area contributed by atoms with Gasteiger partial charge in [-0.2, -0.15) is 5.10 Å². The van der Waals surface area contributed by atoms with Crippen molar-refractivity contribution in [1.29, 1.82) is 0 Å². The number of nitrogens with zero attached hydrogens (tertiary/aromatic N) is 6. The molecule has 0 amide bonds. The molecule has 0 atom stereocenters. The van der Waals surface area contributed by atoms with Crippen LogP contribution in [-0.4, -0.2) is 30.8 Å². The van der Waals surface area contributed by atoms with Crippen LogP contribution in [0.5, 0.6) is 0 Å². The first-order chi connectivity index (χ1) is 11.3. The second-order valence-corrected chi connectivity index (χ2v) is 6.60. The summed E-state index contributed by atoms with van der Waals surface area (Å²) in [6.45, 7) is 7.46. The Kier molecular flexibility index (Phi) is 4.06. The maximum atomic E-state index is 11.6. The predicted octanol–water partition coefficient (Wildman–Crippen LogP) is 2.31. The second-order valence-electron chi connectivity index (χ2n) is 6.60. The largest absolute Gasteiger partial charge is 0.345 e. The molecule has 0 aliphatic carbocycles. The fourth-order valence-corrected chi connectivity index (χ4v) is 3.58. The molecular weight excluding hydrogens is 308 g/mol. The van der Waals surface area contributed by atoms with Crippen molar-refractivity contribution in [3.8, 4) is 0 Å². The molecule has 2 aromatic heterocycles. The van der Waals surface area contributed by atoms with E-state index in [2.05, 4.69) is 30.6 Å². The van der Waals surface area contributed by atoms with Crippen molar-refractivity contribution in [1.82, 2.24) is 19.3 Å². The van der Waals surface area contributed by atoms with Gasteiger partial charge in [0.2, 0.25) is 5.82 Å². The molecule has 3 rings (SSSR count). The van der Waals surface area contributed by atoms with E-state index in [0.29, 0.717) is 30.4 Å². The molecule has 24 heavy (non-hydrogen) atoms. The minimum Gasteiger partial charge on any atom is -0.345 e. The maximum Gasteiger partial charge on any atom is 0.334 e. The Labute approximate surface area is 141 Å². The number of hydrogen-bond donors (Lipinski definition) is 0. The van der Waals surface area contributed by atoms with Crippen LogP contribution in [0.15, 0.2) is 0 Å². The fraction of sp³-hybridized carbons (Fsp3) is 0.625. The van der Waals surface area contributed by atoms with Crippen molar-refractivity contribution >= 4 is 11.5 Å². The van der Waals surface area contributed by atoms with E-state index in [1.807, 2.05) is 11.8 Å². The summed E-state index contributed by atoms with van der Waals surface area (Å²) in [6, 6.07) is 0. The molecule has 0 fully saturated rings. The molecule has 0 radical (unpaired) electrons. The maximum absolute atomic E-state index is 11.6. The topological polar surface area (TPSA) is 82.0 Å². The van der Waals surface area contributed by atoms with E-state index in [1.165, 1.54) is 5.69 Å². The smallest absolute Gasteiger partial charge is 0.334 e. The molecule has 0 aromatic carbocycles. The Morgan fingerprint density at radius 3 is 2.62 bits per heavy atom. The molecule has 1 aliphatic rings. The molecule has 0 bridgehead atoms. The molecule has 0 spiro atoms. The van der Waals surface area contributed by atoms with E-state index in [0.717, 1.165) is 24.5 Å². The number of fused-ring (bicyclic) bond motifs is 1. The molecular formula is C16H24N6O2. The first kappa shape index (κ1) is 16.5. The number of nitro groups is 1. The van der Waals surface area contributed by atoms with E-state index < -0.39 is 0 Å². The Morgan fingerprint density at radius 1 is 1.33 bits per heavy atom. The van der Waals surface area contributed by atoms with Crippen molar-refractivity contribution in [2.24, 2.45) is 14.1 Å². The first-order valence-corrected chi connectivity index (χ1v) is 8.34. The van der Waals surface area contributed by atoms with Gasteiger partial charge >= 0.3 is 5.69 Å². The van der Waals surface area contributed by atoms with E-state index in [9.17, 15) is 10.1 Å². The number of aryl methyl sites for hydroxylation is 2. The summed E-state index contributed by atoms with van der Waals surface area (Å²) < 4.78 is 3.81. The van der Waals surface area contributed by atoms with Gasteiger partial charge in [-0.15, -0.1) is 0 Å². The highest BCUT2D eigenvalue weighted by molar-refractivity contribution is 5.62. The quantitative estimate of drug-likeness (QED) is 0.634. The highest BCUT2D eigenvalue weighted by Crippen LogP contribution is 2.35. The Hall–Kier alpha value is -2.38. The van der Waals surface area contributed by atoms with Crippen LogP contribution in [-0.2, 0) is 33.5 Å². The normalized spacial score (nSPS) is 14.3. The zero-order valence-electron chi connectivity index (χ0n) is 14.9. The van der Waals surface area contributed by atoms with Gasteiger partial charge in [-0.05, 0) is 6.42 Å². The summed E-state index contributed by atoms with van der Waals surface area (Å²) in [5.41, 5.74) is 2.91. The minimum atomic E-state index is -0.311. The summed E-state index contributed by atoms with van der Waals surface area (Å²) in [5.74, 6) is 2.00. The van der Waals surface area contributed by atoms with Gasteiger partial charge in [0, 0.05) is 38.7 Å². The summed E-state index contributed by atoms with van der Waals surface area (Å²) in [5, 5.41) is 15.9. The highest BCUT2D eigenvalue weighted by Gasteiger charge is 2.33. The average Bonchev–Trinajstić information content (AvgIpc) is 3.04. The molecule has 0 N–H and O–H groups in total. The molecule has 0 saturated heterocycles. The summed E-state index contributed by atoms with van der Waals surface area (Å²) in [6.07, 6.45) is 1.37. The van der Waals surface area contributed by atoms with Crippen molar-refractivity contribution in [3.63, 3.8) is 0 Å². The number of imidazole rings is 1. The number of hydrogen-bond acceptors (Lipinski definition) is 5. The zero-order chi connectivity index (χ0) is 17.6. The van der Waals surface area contributed by atoms with Gasteiger partial charge in [0.05, 0.1) is 17.2 Å². The van der Waals surface area contributed by atoms with Crippen molar-refractivity contribution in [2.45, 2.75) is 46.1 Å². The number of rotatable bonds is 4. The van der Waals surface area contributed by atoms with Gasteiger partial charge < -0.3 is 9.47 Å². The molecule has 8 heteroatoms. The van der Waals surface area contributed by atoms with Crippen LogP contribution in [0.1, 0.15) is 49.6 Å². The number of anilines is 1. The van der Waals surface area contributed by atoms with Crippen LogP contribution in [0.3, 0.4) is 0 Å². The van der Waals surface area contributed by atoms with Crippen molar-refractivity contribution < 1.29 is 4.92 Å². The van der Waals surface area contributed by atoms with Crippen LogP contribution in [0.2, 0.25) is 0 Å². The lowest BCUT2D eigenvalue weighted by molar-refractivity contribution is -0.384. The molecule has 1 aliphatic heterocycles. The van der Waals surface area contributed by atoms with Crippen LogP contribution in [0.25, 0.3) is 0 Å². The lowest BCUT2D eigenvalue weighted by Gasteiger charge is -2.27. The molecule has 8 nitrogen and oxygen atoms in total. The van der Waals surface area contributed by atoms with Gasteiger partial charge in [-0.25, -0.2) is 9.67 Å². The molecule has 2 aromatic rings. The van der Waals surface area contributed by atoms with E-state index in [4.69, 9.17) is 4.98 Å². The summed E-state index contributed by atoms with van der Waals surface area (Å²) in [7, 11) is 3.83. The van der Waals surface area contributed by atoms with Gasteiger partial charge in [0.1, 0.15) is 11.5 Å². The standard InChI is InChI=1S/C16H24N6O2/c1-6-11-14(22(23)24)16(20(5)18-11)21-8-7-13-12(9-21)17-15(10(2)3)19(13)4/h10H,6-9H2,1-5H3. The lowest BCUT2D eigenvalue weighted by atomic mass is 10.1. The van der Waals surface area contributed by atoms with Crippen LogP contribution in [0, 0.1) is 10.1 Å². The molecule has 130 valence electrons. The second kappa shape index (κ2) is 5.92. The highest BCUT2D eigenvalue weighted by atomic mass is 16.6. The van der Waals surface area contributed by atoms with Crippen LogP contribution >= 0.6 is 0 Å². The van der Waals surface area contributed by atoms with Gasteiger partial charge in [0.15, 0.2) is 0 Å². The Bertz CT molecular complexity index is 789. The summed E-state index contributed by atoms with van der Waals surface area (Å²) >= 11 is 0. The SMILES string of the molecule is CCc1nn(C)c(N2CCc3c(nc(C(C)C)n3C)C2)c1[N+](=O)[O-]. The van der Waals surface area contributed by atoms with Gasteiger partial charge in [-0.1, -0.05) is 20.8 Å². The number of aromatic nitrogens is 4. The van der Waals surface area contributed by atoms with Gasteiger partial charge in [-0.3, -0.25) is 10.1 Å². The predicted molar refractivity (Wildman–Crippen MR) is 91.3 cm³/mol.